The largest absolute Gasteiger partial charge is 0.490 e. The number of benzene rings is 2. The van der Waals surface area contributed by atoms with Gasteiger partial charge in [0.1, 0.15) is 12.4 Å². The molecule has 2 aliphatic rings. The summed E-state index contributed by atoms with van der Waals surface area (Å²) in [4.78, 5) is 16.0. The molecule has 34 heavy (non-hydrogen) atoms. The molecule has 2 aliphatic heterocycles. The maximum absolute atomic E-state index is 12.0. The SMILES string of the molecule is CCc1ccc(-c2ccc(OC[C@@H]3Cn4c(COCC5CCCO5)cc(=O)nc4O3)cc2)cc1. The van der Waals surface area contributed by atoms with Gasteiger partial charge in [-0.05, 0) is 48.1 Å². The summed E-state index contributed by atoms with van der Waals surface area (Å²) in [6.45, 7) is 4.72. The summed E-state index contributed by atoms with van der Waals surface area (Å²) in [5.41, 5.74) is 4.09. The third kappa shape index (κ3) is 5.32. The van der Waals surface area contributed by atoms with Crippen LogP contribution in [0.15, 0.2) is 59.4 Å². The lowest BCUT2D eigenvalue weighted by Crippen LogP contribution is -2.23. The molecule has 1 fully saturated rings. The fourth-order valence-corrected chi connectivity index (χ4v) is 4.35. The second-order valence-electron chi connectivity index (χ2n) is 8.75. The van der Waals surface area contributed by atoms with Crippen LogP contribution in [-0.4, -0.2) is 41.6 Å². The first kappa shape index (κ1) is 22.6. The van der Waals surface area contributed by atoms with Gasteiger partial charge in [-0.1, -0.05) is 43.3 Å². The Morgan fingerprint density at radius 1 is 1.03 bits per heavy atom. The molecule has 1 aromatic heterocycles. The zero-order chi connectivity index (χ0) is 23.3. The van der Waals surface area contributed by atoms with Crippen molar-refractivity contribution in [1.82, 2.24) is 9.55 Å². The highest BCUT2D eigenvalue weighted by molar-refractivity contribution is 5.64. The molecule has 0 aliphatic carbocycles. The molecule has 0 spiro atoms. The normalized spacial score (nSPS) is 19.1. The molecule has 1 unspecified atom stereocenters. The molecule has 2 aromatic carbocycles. The van der Waals surface area contributed by atoms with Gasteiger partial charge in [-0.25, -0.2) is 0 Å². The first-order chi connectivity index (χ1) is 16.7. The third-order valence-corrected chi connectivity index (χ3v) is 6.30. The van der Waals surface area contributed by atoms with E-state index in [4.69, 9.17) is 18.9 Å². The van der Waals surface area contributed by atoms with E-state index in [1.165, 1.54) is 17.2 Å². The van der Waals surface area contributed by atoms with Gasteiger partial charge < -0.3 is 18.9 Å². The van der Waals surface area contributed by atoms with Gasteiger partial charge in [-0.2, -0.15) is 4.98 Å². The van der Waals surface area contributed by atoms with Crippen LogP contribution in [-0.2, 0) is 29.0 Å². The van der Waals surface area contributed by atoms with Gasteiger partial charge >= 0.3 is 6.01 Å². The Hall–Kier alpha value is -3.16. The summed E-state index contributed by atoms with van der Waals surface area (Å²) in [6, 6.07) is 18.5. The summed E-state index contributed by atoms with van der Waals surface area (Å²) < 4.78 is 25.2. The lowest BCUT2D eigenvalue weighted by molar-refractivity contribution is 0.00873. The molecule has 0 radical (unpaired) electrons. The zero-order valence-electron chi connectivity index (χ0n) is 19.4. The molecule has 0 saturated carbocycles. The van der Waals surface area contributed by atoms with E-state index in [1.807, 2.05) is 16.7 Å². The Labute approximate surface area is 199 Å². The molecule has 0 N–H and O–H groups in total. The second-order valence-corrected chi connectivity index (χ2v) is 8.75. The maximum atomic E-state index is 12.0. The Morgan fingerprint density at radius 2 is 1.79 bits per heavy atom. The van der Waals surface area contributed by atoms with Gasteiger partial charge in [-0.3, -0.25) is 9.36 Å². The van der Waals surface area contributed by atoms with E-state index in [0.717, 1.165) is 42.9 Å². The summed E-state index contributed by atoms with van der Waals surface area (Å²) in [7, 11) is 0. The van der Waals surface area contributed by atoms with Crippen LogP contribution in [0.25, 0.3) is 11.1 Å². The Balaban J connectivity index is 1.16. The molecule has 7 heteroatoms. The predicted octanol–water partition coefficient (Wildman–Crippen LogP) is 4.01. The lowest BCUT2D eigenvalue weighted by Gasteiger charge is -2.13. The van der Waals surface area contributed by atoms with Gasteiger partial charge in [0.2, 0.25) is 0 Å². The summed E-state index contributed by atoms with van der Waals surface area (Å²) >= 11 is 0. The van der Waals surface area contributed by atoms with Crippen LogP contribution in [0.3, 0.4) is 0 Å². The van der Waals surface area contributed by atoms with Gasteiger partial charge in [0, 0.05) is 12.7 Å². The van der Waals surface area contributed by atoms with Crippen LogP contribution in [0.2, 0.25) is 0 Å². The number of fused-ring (bicyclic) bond motifs is 1. The van der Waals surface area contributed by atoms with E-state index in [9.17, 15) is 4.79 Å². The van der Waals surface area contributed by atoms with E-state index in [1.54, 1.807) is 0 Å². The Morgan fingerprint density at radius 3 is 2.50 bits per heavy atom. The van der Waals surface area contributed by atoms with Crippen molar-refractivity contribution in [3.8, 4) is 22.9 Å². The van der Waals surface area contributed by atoms with Crippen LogP contribution in [0.4, 0.5) is 0 Å². The monoisotopic (exact) mass is 462 g/mol. The van der Waals surface area contributed by atoms with Crippen LogP contribution in [0.5, 0.6) is 11.8 Å². The number of nitrogens with zero attached hydrogens (tertiary/aromatic N) is 2. The zero-order valence-corrected chi connectivity index (χ0v) is 19.4. The minimum Gasteiger partial charge on any atom is -0.490 e. The molecule has 1 saturated heterocycles. The fraction of sp³-hybridized carbons (Fsp3) is 0.407. The molecule has 3 heterocycles. The van der Waals surface area contributed by atoms with Gasteiger partial charge in [0.15, 0.2) is 6.10 Å². The van der Waals surface area contributed by atoms with Gasteiger partial charge in [0.05, 0.1) is 31.6 Å². The Kier molecular flexibility index (Phi) is 6.92. The quantitative estimate of drug-likeness (QED) is 0.479. The van der Waals surface area contributed by atoms with Crippen LogP contribution in [0.1, 0.15) is 31.0 Å². The molecular weight excluding hydrogens is 432 g/mol. The van der Waals surface area contributed by atoms with Crippen molar-refractivity contribution in [2.45, 2.75) is 51.5 Å². The third-order valence-electron chi connectivity index (χ3n) is 6.30. The van der Waals surface area contributed by atoms with E-state index < -0.39 is 0 Å². The van der Waals surface area contributed by atoms with Crippen molar-refractivity contribution < 1.29 is 18.9 Å². The molecule has 3 aromatic rings. The first-order valence-corrected chi connectivity index (χ1v) is 12.0. The number of hydrogen-bond donors (Lipinski definition) is 0. The van der Waals surface area contributed by atoms with Crippen molar-refractivity contribution in [2.75, 3.05) is 19.8 Å². The van der Waals surface area contributed by atoms with E-state index in [-0.39, 0.29) is 17.8 Å². The summed E-state index contributed by atoms with van der Waals surface area (Å²) in [5.74, 6) is 0.774. The minimum atomic E-state index is -0.328. The van der Waals surface area contributed by atoms with Crippen molar-refractivity contribution >= 4 is 0 Å². The number of rotatable bonds is 9. The van der Waals surface area contributed by atoms with Crippen LogP contribution < -0.4 is 15.0 Å². The van der Waals surface area contributed by atoms with E-state index in [0.29, 0.717) is 32.4 Å². The molecule has 0 bridgehead atoms. The Bertz CT molecular complexity index is 1150. The smallest absolute Gasteiger partial charge is 0.300 e. The van der Waals surface area contributed by atoms with Crippen molar-refractivity contribution in [3.63, 3.8) is 0 Å². The minimum absolute atomic E-state index is 0.145. The first-order valence-electron chi connectivity index (χ1n) is 12.0. The molecular formula is C27H30N2O5. The average molecular weight is 463 g/mol. The molecule has 7 nitrogen and oxygen atoms in total. The highest BCUT2D eigenvalue weighted by atomic mass is 16.6. The molecule has 178 valence electrons. The van der Waals surface area contributed by atoms with Crippen LogP contribution >= 0.6 is 0 Å². The maximum Gasteiger partial charge on any atom is 0.300 e. The molecule has 0 amide bonds. The van der Waals surface area contributed by atoms with E-state index in [2.05, 4.69) is 48.3 Å². The number of aromatic nitrogens is 2. The van der Waals surface area contributed by atoms with Crippen LogP contribution in [0, 0.1) is 0 Å². The van der Waals surface area contributed by atoms with Gasteiger partial charge in [0.25, 0.3) is 5.56 Å². The average Bonchev–Trinajstić information content (AvgIpc) is 3.53. The highest BCUT2D eigenvalue weighted by Crippen LogP contribution is 2.25. The van der Waals surface area contributed by atoms with Crippen molar-refractivity contribution in [2.24, 2.45) is 0 Å². The number of hydrogen-bond acceptors (Lipinski definition) is 6. The number of aryl methyl sites for hydroxylation is 1. The highest BCUT2D eigenvalue weighted by Gasteiger charge is 2.27. The standard InChI is InChI=1S/C27H30N2O5/c1-2-19-5-7-20(8-6-19)21-9-11-23(12-10-21)33-18-25-15-29-22(14-26(30)28-27(29)34-25)16-31-17-24-4-3-13-32-24/h5-12,14,24-25H,2-4,13,15-18H2,1H3/t24?,25-/m0/s1. The fourth-order valence-electron chi connectivity index (χ4n) is 4.35. The van der Waals surface area contributed by atoms with Crippen molar-refractivity contribution in [3.05, 3.63) is 76.2 Å². The molecule has 5 rings (SSSR count). The van der Waals surface area contributed by atoms with Gasteiger partial charge in [-0.15, -0.1) is 0 Å². The summed E-state index contributed by atoms with van der Waals surface area (Å²) in [5, 5.41) is 0. The predicted molar refractivity (Wildman–Crippen MR) is 128 cm³/mol. The number of ether oxygens (including phenoxy) is 4. The van der Waals surface area contributed by atoms with E-state index >= 15 is 0 Å². The molecule has 2 atom stereocenters. The summed E-state index contributed by atoms with van der Waals surface area (Å²) in [6.07, 6.45) is 3.04. The topological polar surface area (TPSA) is 71.8 Å². The lowest BCUT2D eigenvalue weighted by atomic mass is 10.0. The van der Waals surface area contributed by atoms with Crippen molar-refractivity contribution in [1.29, 1.82) is 0 Å². The second kappa shape index (κ2) is 10.4.